The molecule has 7 heteroatoms. The molecule has 2 aromatic rings. The Morgan fingerprint density at radius 2 is 2.00 bits per heavy atom. The molecule has 0 unspecified atom stereocenters. The largest absolute Gasteiger partial charge is 0.505 e. The molecule has 1 amide bonds. The highest BCUT2D eigenvalue weighted by Crippen LogP contribution is 2.18. The molecule has 0 aromatic heterocycles. The number of phenolic OH excluding ortho intramolecular Hbond substituents is 1. The third kappa shape index (κ3) is 4.77. The minimum absolute atomic E-state index is 0.0302. The van der Waals surface area contributed by atoms with E-state index >= 15 is 0 Å². The molecule has 0 atom stereocenters. The Kier molecular flexibility index (Phi) is 5.83. The molecule has 0 aliphatic heterocycles. The van der Waals surface area contributed by atoms with Gasteiger partial charge in [-0.2, -0.15) is 0 Å². The first-order valence-corrected chi connectivity index (χ1v) is 7.44. The van der Waals surface area contributed by atoms with Crippen LogP contribution in [0.25, 0.3) is 0 Å². The summed E-state index contributed by atoms with van der Waals surface area (Å²) in [6.45, 7) is 0.0871. The normalized spacial score (nSPS) is 10.4. The maximum absolute atomic E-state index is 13.2. The SMILES string of the molecule is O=C(CCCc1ccc(O)c(F)c1)NCc1ccccc1[N+](=O)[O-]. The van der Waals surface area contributed by atoms with Gasteiger partial charge < -0.3 is 10.4 Å². The molecule has 126 valence electrons. The van der Waals surface area contributed by atoms with Crippen molar-refractivity contribution in [3.05, 3.63) is 69.5 Å². The number of aryl methyl sites for hydroxylation is 1. The van der Waals surface area contributed by atoms with Gasteiger partial charge in [0, 0.05) is 24.6 Å². The van der Waals surface area contributed by atoms with Gasteiger partial charge in [-0.15, -0.1) is 0 Å². The van der Waals surface area contributed by atoms with Crippen LogP contribution >= 0.6 is 0 Å². The molecule has 2 aromatic carbocycles. The Hall–Kier alpha value is -2.96. The van der Waals surface area contributed by atoms with Crippen molar-refractivity contribution in [2.45, 2.75) is 25.8 Å². The number of para-hydroxylation sites is 1. The smallest absolute Gasteiger partial charge is 0.274 e. The van der Waals surface area contributed by atoms with E-state index in [4.69, 9.17) is 5.11 Å². The third-order valence-corrected chi connectivity index (χ3v) is 3.55. The van der Waals surface area contributed by atoms with Crippen LogP contribution in [0.2, 0.25) is 0 Å². The van der Waals surface area contributed by atoms with Crippen molar-refractivity contribution in [3.63, 3.8) is 0 Å². The summed E-state index contributed by atoms with van der Waals surface area (Å²) >= 11 is 0. The van der Waals surface area contributed by atoms with E-state index in [9.17, 15) is 19.3 Å². The lowest BCUT2D eigenvalue weighted by molar-refractivity contribution is -0.385. The summed E-state index contributed by atoms with van der Waals surface area (Å²) in [5.41, 5.74) is 1.10. The zero-order chi connectivity index (χ0) is 17.5. The number of nitrogens with one attached hydrogen (secondary N) is 1. The van der Waals surface area contributed by atoms with Crippen LogP contribution < -0.4 is 5.32 Å². The third-order valence-electron chi connectivity index (χ3n) is 3.55. The Balaban J connectivity index is 1.80. The van der Waals surface area contributed by atoms with Gasteiger partial charge in [0.05, 0.1) is 4.92 Å². The molecule has 0 fully saturated rings. The van der Waals surface area contributed by atoms with Crippen molar-refractivity contribution in [1.82, 2.24) is 5.32 Å². The number of amides is 1. The second-order valence-electron chi connectivity index (χ2n) is 5.30. The number of nitro benzene ring substituents is 1. The van der Waals surface area contributed by atoms with Crippen molar-refractivity contribution >= 4 is 11.6 Å². The van der Waals surface area contributed by atoms with Crippen molar-refractivity contribution in [1.29, 1.82) is 0 Å². The highest BCUT2D eigenvalue weighted by Gasteiger charge is 2.12. The number of phenols is 1. The average Bonchev–Trinajstić information content (AvgIpc) is 2.56. The zero-order valence-electron chi connectivity index (χ0n) is 12.9. The number of aromatic hydroxyl groups is 1. The summed E-state index contributed by atoms with van der Waals surface area (Å²) in [5.74, 6) is -1.32. The first-order valence-electron chi connectivity index (χ1n) is 7.44. The van der Waals surface area contributed by atoms with Crippen molar-refractivity contribution < 1.29 is 19.2 Å². The summed E-state index contributed by atoms with van der Waals surface area (Å²) in [6, 6.07) is 10.3. The predicted molar refractivity (Wildman–Crippen MR) is 85.9 cm³/mol. The highest BCUT2D eigenvalue weighted by molar-refractivity contribution is 5.76. The molecular formula is C17H17FN2O4. The van der Waals surface area contributed by atoms with Crippen molar-refractivity contribution in [2.75, 3.05) is 0 Å². The van der Waals surface area contributed by atoms with Gasteiger partial charge in [0.15, 0.2) is 11.6 Å². The van der Waals surface area contributed by atoms with Crippen LogP contribution in [-0.2, 0) is 17.8 Å². The van der Waals surface area contributed by atoms with Crippen LogP contribution in [0, 0.1) is 15.9 Å². The molecule has 0 saturated heterocycles. The molecule has 0 spiro atoms. The van der Waals surface area contributed by atoms with Gasteiger partial charge in [-0.05, 0) is 30.5 Å². The van der Waals surface area contributed by atoms with Crippen LogP contribution in [0.5, 0.6) is 5.75 Å². The molecule has 0 heterocycles. The van der Waals surface area contributed by atoms with Gasteiger partial charge in [0.25, 0.3) is 5.69 Å². The van der Waals surface area contributed by atoms with Crippen LogP contribution in [-0.4, -0.2) is 15.9 Å². The van der Waals surface area contributed by atoms with E-state index in [1.165, 1.54) is 18.2 Å². The molecule has 6 nitrogen and oxygen atoms in total. The Morgan fingerprint density at radius 3 is 2.71 bits per heavy atom. The molecule has 0 aliphatic carbocycles. The fourth-order valence-electron chi connectivity index (χ4n) is 2.28. The van der Waals surface area contributed by atoms with E-state index in [0.717, 1.165) is 0 Å². The second kappa shape index (κ2) is 8.05. The number of nitrogens with zero attached hydrogens (tertiary/aromatic N) is 1. The van der Waals surface area contributed by atoms with Crippen LogP contribution in [0.3, 0.4) is 0 Å². The van der Waals surface area contributed by atoms with Gasteiger partial charge in [0.1, 0.15) is 0 Å². The molecule has 24 heavy (non-hydrogen) atoms. The number of hydrogen-bond donors (Lipinski definition) is 2. The van der Waals surface area contributed by atoms with Crippen molar-refractivity contribution in [3.8, 4) is 5.75 Å². The van der Waals surface area contributed by atoms with E-state index in [2.05, 4.69) is 5.32 Å². The lowest BCUT2D eigenvalue weighted by Crippen LogP contribution is -2.23. The summed E-state index contributed by atoms with van der Waals surface area (Å²) in [5, 5.41) is 22.6. The zero-order valence-corrected chi connectivity index (χ0v) is 12.9. The fourth-order valence-corrected chi connectivity index (χ4v) is 2.28. The van der Waals surface area contributed by atoms with Gasteiger partial charge in [0.2, 0.25) is 5.91 Å². The molecule has 2 N–H and O–H groups in total. The Labute approximate surface area is 138 Å². The van der Waals surface area contributed by atoms with Gasteiger partial charge >= 0.3 is 0 Å². The lowest BCUT2D eigenvalue weighted by atomic mass is 10.1. The van der Waals surface area contributed by atoms with Gasteiger partial charge in [-0.1, -0.05) is 24.3 Å². The van der Waals surface area contributed by atoms with Crippen LogP contribution in [0.4, 0.5) is 10.1 Å². The summed E-state index contributed by atoms with van der Waals surface area (Å²) in [6.07, 6.45) is 1.23. The number of nitro groups is 1. The van der Waals surface area contributed by atoms with E-state index in [1.54, 1.807) is 24.3 Å². The van der Waals surface area contributed by atoms with E-state index in [-0.39, 0.29) is 24.6 Å². The maximum atomic E-state index is 13.2. The summed E-state index contributed by atoms with van der Waals surface area (Å²) in [7, 11) is 0. The minimum atomic E-state index is -0.687. The van der Waals surface area contributed by atoms with Crippen LogP contribution in [0.1, 0.15) is 24.0 Å². The first-order chi connectivity index (χ1) is 11.5. The first kappa shape index (κ1) is 17.4. The molecule has 0 saturated carbocycles. The maximum Gasteiger partial charge on any atom is 0.274 e. The summed E-state index contributed by atoms with van der Waals surface area (Å²) < 4.78 is 13.2. The highest BCUT2D eigenvalue weighted by atomic mass is 19.1. The fraction of sp³-hybridized carbons (Fsp3) is 0.235. The quantitative estimate of drug-likeness (QED) is 0.602. The Bertz CT molecular complexity index is 749. The predicted octanol–water partition coefficient (Wildman–Crippen LogP) is 3.08. The minimum Gasteiger partial charge on any atom is -0.505 e. The average molecular weight is 332 g/mol. The number of benzene rings is 2. The van der Waals surface area contributed by atoms with Crippen LogP contribution in [0.15, 0.2) is 42.5 Å². The number of rotatable bonds is 7. The standard InChI is InChI=1S/C17H17FN2O4/c18-14-10-12(8-9-16(14)21)4-3-7-17(22)19-11-13-5-1-2-6-15(13)20(23)24/h1-2,5-6,8-10,21H,3-4,7,11H2,(H,19,22). The molecule has 0 radical (unpaired) electrons. The topological polar surface area (TPSA) is 92.5 Å². The second-order valence-corrected chi connectivity index (χ2v) is 5.30. The number of carbonyl (C=O) groups is 1. The number of carbonyl (C=O) groups excluding carboxylic acids is 1. The Morgan fingerprint density at radius 1 is 1.25 bits per heavy atom. The number of hydrogen-bond acceptors (Lipinski definition) is 4. The number of halogens is 1. The molecule has 2 rings (SSSR count). The molecule has 0 bridgehead atoms. The van der Waals surface area contributed by atoms with E-state index in [1.807, 2.05) is 0 Å². The van der Waals surface area contributed by atoms with E-state index in [0.29, 0.717) is 24.0 Å². The van der Waals surface area contributed by atoms with Crippen molar-refractivity contribution in [2.24, 2.45) is 0 Å². The lowest BCUT2D eigenvalue weighted by Gasteiger charge is -2.06. The monoisotopic (exact) mass is 332 g/mol. The summed E-state index contributed by atoms with van der Waals surface area (Å²) in [4.78, 5) is 22.2. The van der Waals surface area contributed by atoms with Gasteiger partial charge in [-0.25, -0.2) is 4.39 Å². The van der Waals surface area contributed by atoms with Gasteiger partial charge in [-0.3, -0.25) is 14.9 Å². The van der Waals surface area contributed by atoms with E-state index < -0.39 is 16.5 Å². The molecule has 0 aliphatic rings. The molecular weight excluding hydrogens is 315 g/mol.